The minimum absolute atomic E-state index is 0.0110. The molecule has 7 nitrogen and oxygen atoms in total. The summed E-state index contributed by atoms with van der Waals surface area (Å²) in [6.07, 6.45) is 1.54. The van der Waals surface area contributed by atoms with Gasteiger partial charge in [-0.1, -0.05) is 18.2 Å². The van der Waals surface area contributed by atoms with Crippen molar-refractivity contribution in [2.24, 2.45) is 0 Å². The van der Waals surface area contributed by atoms with E-state index in [1.165, 1.54) is 33.0 Å². The Morgan fingerprint density at radius 3 is 2.00 bits per heavy atom. The Morgan fingerprint density at radius 2 is 1.34 bits per heavy atom. The minimum Gasteiger partial charge on any atom is -0.255 e. The van der Waals surface area contributed by atoms with Crippen molar-refractivity contribution in [1.82, 2.24) is 13.6 Å². The topological polar surface area (TPSA) is 87.7 Å². The number of fused-ring (bicyclic) bond motifs is 1. The van der Waals surface area contributed by atoms with Crippen molar-refractivity contribution in [2.75, 3.05) is 26.2 Å². The molecule has 0 radical (unpaired) electrons. The fourth-order valence-corrected chi connectivity index (χ4v) is 6.34. The molecule has 2 aromatic carbocycles. The number of benzene rings is 2. The van der Waals surface area contributed by atoms with E-state index in [0.717, 1.165) is 12.1 Å². The molecule has 2 heterocycles. The molecule has 0 N–H and O–H groups in total. The standard InChI is InChI=1S/C19H18FN3O4S2/c20-16-6-8-17(9-7-16)28(24,25)22-11-13-23(14-12-22)29(26,27)18-5-1-3-15-4-2-10-21-19(15)18/h1-10H,11-14H2. The van der Waals surface area contributed by atoms with Gasteiger partial charge in [-0.25, -0.2) is 21.2 Å². The van der Waals surface area contributed by atoms with Crippen molar-refractivity contribution in [3.63, 3.8) is 0 Å². The van der Waals surface area contributed by atoms with Gasteiger partial charge in [0, 0.05) is 37.8 Å². The van der Waals surface area contributed by atoms with Gasteiger partial charge in [-0.15, -0.1) is 0 Å². The molecule has 1 aromatic heterocycles. The van der Waals surface area contributed by atoms with Crippen LogP contribution in [0.5, 0.6) is 0 Å². The number of hydrogen-bond donors (Lipinski definition) is 0. The highest BCUT2D eigenvalue weighted by atomic mass is 32.2. The van der Waals surface area contributed by atoms with Crippen molar-refractivity contribution >= 4 is 30.9 Å². The van der Waals surface area contributed by atoms with Gasteiger partial charge in [-0.3, -0.25) is 4.98 Å². The second kappa shape index (κ2) is 7.45. The molecule has 152 valence electrons. The summed E-state index contributed by atoms with van der Waals surface area (Å²) < 4.78 is 67.3. The van der Waals surface area contributed by atoms with E-state index in [2.05, 4.69) is 4.98 Å². The second-order valence-electron chi connectivity index (χ2n) is 6.59. The summed E-state index contributed by atoms with van der Waals surface area (Å²) in [5, 5.41) is 0.714. The number of nitrogens with zero attached hydrogens (tertiary/aromatic N) is 3. The summed E-state index contributed by atoms with van der Waals surface area (Å²) >= 11 is 0. The van der Waals surface area contributed by atoms with Crippen LogP contribution in [0, 0.1) is 5.82 Å². The Balaban J connectivity index is 1.57. The largest absolute Gasteiger partial charge is 0.255 e. The van der Waals surface area contributed by atoms with Gasteiger partial charge < -0.3 is 0 Å². The summed E-state index contributed by atoms with van der Waals surface area (Å²) in [4.78, 5) is 4.28. The van der Waals surface area contributed by atoms with Crippen molar-refractivity contribution in [1.29, 1.82) is 0 Å². The third kappa shape index (κ3) is 3.64. The molecule has 1 aliphatic heterocycles. The fraction of sp³-hybridized carbons (Fsp3) is 0.211. The monoisotopic (exact) mass is 435 g/mol. The quantitative estimate of drug-likeness (QED) is 0.626. The zero-order valence-electron chi connectivity index (χ0n) is 15.3. The smallest absolute Gasteiger partial charge is 0.245 e. The van der Waals surface area contributed by atoms with E-state index in [0.29, 0.717) is 10.9 Å². The molecular weight excluding hydrogens is 417 g/mol. The van der Waals surface area contributed by atoms with Crippen molar-refractivity contribution < 1.29 is 21.2 Å². The molecule has 1 fully saturated rings. The van der Waals surface area contributed by atoms with E-state index >= 15 is 0 Å². The number of rotatable bonds is 4. The summed E-state index contributed by atoms with van der Waals surface area (Å²) in [6, 6.07) is 13.0. The molecule has 0 saturated carbocycles. The highest BCUT2D eigenvalue weighted by molar-refractivity contribution is 7.89. The molecule has 0 bridgehead atoms. The molecule has 0 aliphatic carbocycles. The molecule has 3 aromatic rings. The number of halogens is 1. The van der Waals surface area contributed by atoms with E-state index in [4.69, 9.17) is 0 Å². The number of hydrogen-bond acceptors (Lipinski definition) is 5. The van der Waals surface area contributed by atoms with Crippen LogP contribution in [0.1, 0.15) is 0 Å². The van der Waals surface area contributed by atoms with Crippen molar-refractivity contribution in [2.45, 2.75) is 9.79 Å². The molecule has 0 atom stereocenters. The predicted octanol–water partition coefficient (Wildman–Crippen LogP) is 2.07. The van der Waals surface area contributed by atoms with Crippen molar-refractivity contribution in [3.8, 4) is 0 Å². The molecule has 10 heteroatoms. The molecule has 0 amide bonds. The Hall–Kier alpha value is -2.40. The normalized spacial score (nSPS) is 16.9. The van der Waals surface area contributed by atoms with Crippen LogP contribution in [0.2, 0.25) is 0 Å². The first-order valence-electron chi connectivity index (χ1n) is 8.90. The van der Waals surface area contributed by atoms with E-state index < -0.39 is 25.9 Å². The summed E-state index contributed by atoms with van der Waals surface area (Å²) in [5.41, 5.74) is 0.386. The SMILES string of the molecule is O=S(=O)(c1ccc(F)cc1)N1CCN(S(=O)(=O)c2cccc3cccnc23)CC1. The molecule has 1 saturated heterocycles. The molecule has 4 rings (SSSR count). The third-order valence-corrected chi connectivity index (χ3v) is 8.71. The number of piperazine rings is 1. The van der Waals surface area contributed by atoms with Gasteiger partial charge in [0.2, 0.25) is 20.0 Å². The van der Waals surface area contributed by atoms with E-state index in [1.807, 2.05) is 0 Å². The van der Waals surface area contributed by atoms with Gasteiger partial charge in [0.05, 0.1) is 10.4 Å². The van der Waals surface area contributed by atoms with E-state index in [9.17, 15) is 21.2 Å². The number of aromatic nitrogens is 1. The van der Waals surface area contributed by atoms with Crippen LogP contribution in [-0.4, -0.2) is 56.6 Å². The third-order valence-electron chi connectivity index (χ3n) is 4.86. The van der Waals surface area contributed by atoms with E-state index in [-0.39, 0.29) is 36.0 Å². The second-order valence-corrected chi connectivity index (χ2v) is 10.4. The Morgan fingerprint density at radius 1 is 0.759 bits per heavy atom. The minimum atomic E-state index is -3.83. The highest BCUT2D eigenvalue weighted by Gasteiger charge is 2.34. The zero-order chi connectivity index (χ0) is 20.6. The lowest BCUT2D eigenvalue weighted by Gasteiger charge is -2.33. The van der Waals surface area contributed by atoms with Gasteiger partial charge in [0.25, 0.3) is 0 Å². The van der Waals surface area contributed by atoms with Crippen LogP contribution in [0.3, 0.4) is 0 Å². The van der Waals surface area contributed by atoms with Gasteiger partial charge in [-0.05, 0) is 36.4 Å². The number of sulfonamides is 2. The average molecular weight is 436 g/mol. The first-order chi connectivity index (χ1) is 13.8. The first kappa shape index (κ1) is 19.9. The summed E-state index contributed by atoms with van der Waals surface area (Å²) in [6.45, 7) is 0.0617. The number of pyridine rings is 1. The molecule has 29 heavy (non-hydrogen) atoms. The van der Waals surface area contributed by atoms with Gasteiger partial charge in [0.15, 0.2) is 0 Å². The average Bonchev–Trinajstić information content (AvgIpc) is 2.73. The van der Waals surface area contributed by atoms with Crippen LogP contribution in [0.15, 0.2) is 70.6 Å². The van der Waals surface area contributed by atoms with Crippen LogP contribution in [-0.2, 0) is 20.0 Å². The van der Waals surface area contributed by atoms with Gasteiger partial charge in [0.1, 0.15) is 10.7 Å². The molecule has 0 unspecified atom stereocenters. The van der Waals surface area contributed by atoms with Crippen LogP contribution in [0.25, 0.3) is 10.9 Å². The first-order valence-corrected chi connectivity index (χ1v) is 11.8. The maximum absolute atomic E-state index is 13.1. The summed E-state index contributed by atoms with van der Waals surface area (Å²) in [7, 11) is -7.64. The lowest BCUT2D eigenvalue weighted by Crippen LogP contribution is -2.50. The zero-order valence-corrected chi connectivity index (χ0v) is 16.9. The lowest BCUT2D eigenvalue weighted by atomic mass is 10.2. The molecular formula is C19H18FN3O4S2. The fourth-order valence-electron chi connectivity index (χ4n) is 3.33. The Kier molecular flexibility index (Phi) is 5.11. The Bertz CT molecular complexity index is 1250. The van der Waals surface area contributed by atoms with Crippen molar-refractivity contribution in [3.05, 3.63) is 66.6 Å². The van der Waals surface area contributed by atoms with Crippen LogP contribution in [0.4, 0.5) is 4.39 Å². The molecule has 0 spiro atoms. The van der Waals surface area contributed by atoms with Crippen LogP contribution >= 0.6 is 0 Å². The van der Waals surface area contributed by atoms with Gasteiger partial charge >= 0.3 is 0 Å². The van der Waals surface area contributed by atoms with Gasteiger partial charge in [-0.2, -0.15) is 8.61 Å². The predicted molar refractivity (Wildman–Crippen MR) is 106 cm³/mol. The van der Waals surface area contributed by atoms with E-state index in [1.54, 1.807) is 24.3 Å². The number of para-hydroxylation sites is 1. The highest BCUT2D eigenvalue weighted by Crippen LogP contribution is 2.26. The lowest BCUT2D eigenvalue weighted by molar-refractivity contribution is 0.273. The Labute approximate surface area is 168 Å². The summed E-state index contributed by atoms with van der Waals surface area (Å²) in [5.74, 6) is -0.524. The maximum Gasteiger partial charge on any atom is 0.245 e. The maximum atomic E-state index is 13.1. The molecule has 1 aliphatic rings. The van der Waals surface area contributed by atoms with Crippen LogP contribution < -0.4 is 0 Å².